The lowest BCUT2D eigenvalue weighted by atomic mass is 10.1. The molecule has 0 aromatic heterocycles. The molecule has 0 aliphatic rings. The first-order chi connectivity index (χ1) is 12.3. The summed E-state index contributed by atoms with van der Waals surface area (Å²) in [5.74, 6) is -0.994. The van der Waals surface area contributed by atoms with Crippen molar-refractivity contribution in [1.29, 1.82) is 0 Å². The van der Waals surface area contributed by atoms with Gasteiger partial charge in [-0.1, -0.05) is 18.2 Å². The molecule has 0 saturated carbocycles. The Kier molecular flexibility index (Phi) is 6.21. The lowest BCUT2D eigenvalue weighted by Gasteiger charge is -2.10. The number of hydrogen-bond acceptors (Lipinski definition) is 4. The molecule has 1 N–H and O–H groups in total. The number of esters is 1. The molecule has 5 nitrogen and oxygen atoms in total. The van der Waals surface area contributed by atoms with E-state index in [1.807, 2.05) is 0 Å². The zero-order chi connectivity index (χ0) is 19.2. The van der Waals surface area contributed by atoms with Crippen LogP contribution in [0.1, 0.15) is 21.5 Å². The first-order valence-electron chi connectivity index (χ1n) is 7.53. The summed E-state index contributed by atoms with van der Waals surface area (Å²) < 4.78 is 47.5. The number of carbonyl (C=O) groups is 2. The Balaban J connectivity index is 1.83. The van der Waals surface area contributed by atoms with Crippen molar-refractivity contribution in [1.82, 2.24) is 5.32 Å². The number of hydrogen-bond donors (Lipinski definition) is 1. The first-order valence-corrected chi connectivity index (χ1v) is 7.53. The number of amides is 1. The van der Waals surface area contributed by atoms with Gasteiger partial charge in [-0.05, 0) is 35.9 Å². The fourth-order valence-corrected chi connectivity index (χ4v) is 2.04. The van der Waals surface area contributed by atoms with Crippen LogP contribution in [0, 0.1) is 0 Å². The van der Waals surface area contributed by atoms with E-state index < -0.39 is 30.2 Å². The molecule has 0 aliphatic carbocycles. The van der Waals surface area contributed by atoms with Crippen LogP contribution in [0.3, 0.4) is 0 Å². The van der Waals surface area contributed by atoms with Crippen molar-refractivity contribution in [3.05, 3.63) is 65.2 Å². The summed E-state index contributed by atoms with van der Waals surface area (Å²) in [7, 11) is 1.28. The number of carbonyl (C=O) groups excluding carboxylic acids is 2. The summed E-state index contributed by atoms with van der Waals surface area (Å²) in [5, 5.41) is 2.57. The van der Waals surface area contributed by atoms with Crippen LogP contribution >= 0.6 is 0 Å². The molecule has 0 aliphatic heterocycles. The van der Waals surface area contributed by atoms with Crippen LogP contribution in [0.2, 0.25) is 0 Å². The van der Waals surface area contributed by atoms with E-state index in [4.69, 9.17) is 4.74 Å². The summed E-state index contributed by atoms with van der Waals surface area (Å²) in [5.41, 5.74) is 0.279. The molecule has 2 rings (SSSR count). The smallest absolute Gasteiger partial charge is 0.416 e. The van der Waals surface area contributed by atoms with Crippen LogP contribution in [-0.4, -0.2) is 25.6 Å². The Morgan fingerprint density at radius 3 is 2.38 bits per heavy atom. The quantitative estimate of drug-likeness (QED) is 0.797. The first kappa shape index (κ1) is 19.3. The fourth-order valence-electron chi connectivity index (χ4n) is 2.04. The molecule has 0 fully saturated rings. The Bertz CT molecular complexity index is 773. The van der Waals surface area contributed by atoms with Gasteiger partial charge in [0, 0.05) is 6.54 Å². The van der Waals surface area contributed by atoms with E-state index in [9.17, 15) is 22.8 Å². The third-order valence-corrected chi connectivity index (χ3v) is 3.40. The molecule has 0 radical (unpaired) electrons. The summed E-state index contributed by atoms with van der Waals surface area (Å²) in [4.78, 5) is 23.1. The van der Waals surface area contributed by atoms with Gasteiger partial charge in [-0.15, -0.1) is 0 Å². The van der Waals surface area contributed by atoms with Gasteiger partial charge in [-0.25, -0.2) is 4.79 Å². The lowest BCUT2D eigenvalue weighted by molar-refractivity contribution is -0.137. The van der Waals surface area contributed by atoms with Gasteiger partial charge in [-0.3, -0.25) is 4.79 Å². The SMILES string of the molecule is COC(=O)c1ccc(CNC(=O)COc2cccc(C(F)(F)F)c2)cc1. The number of methoxy groups -OCH3 is 1. The van der Waals surface area contributed by atoms with Gasteiger partial charge in [0.05, 0.1) is 18.2 Å². The highest BCUT2D eigenvalue weighted by atomic mass is 19.4. The topological polar surface area (TPSA) is 64.6 Å². The highest BCUT2D eigenvalue weighted by Crippen LogP contribution is 2.31. The second kappa shape index (κ2) is 8.37. The maximum atomic E-state index is 12.6. The summed E-state index contributed by atoms with van der Waals surface area (Å²) in [6.07, 6.45) is -4.47. The van der Waals surface area contributed by atoms with E-state index >= 15 is 0 Å². The second-order valence-corrected chi connectivity index (χ2v) is 5.28. The fraction of sp³-hybridized carbons (Fsp3) is 0.222. The Morgan fingerprint density at radius 1 is 1.08 bits per heavy atom. The van der Waals surface area contributed by atoms with E-state index in [-0.39, 0.29) is 12.3 Å². The van der Waals surface area contributed by atoms with Crippen molar-refractivity contribution in [2.75, 3.05) is 13.7 Å². The summed E-state index contributed by atoms with van der Waals surface area (Å²) >= 11 is 0. The molecule has 2 aromatic carbocycles. The lowest BCUT2D eigenvalue weighted by Crippen LogP contribution is -2.28. The molecule has 0 spiro atoms. The normalized spacial score (nSPS) is 10.9. The van der Waals surface area contributed by atoms with Gasteiger partial charge < -0.3 is 14.8 Å². The highest BCUT2D eigenvalue weighted by molar-refractivity contribution is 5.89. The standard InChI is InChI=1S/C18H16F3NO4/c1-25-17(24)13-7-5-12(6-8-13)10-22-16(23)11-26-15-4-2-3-14(9-15)18(19,20)21/h2-9H,10-11H2,1H3,(H,22,23). The molecule has 1 amide bonds. The molecule has 138 valence electrons. The molecule has 2 aromatic rings. The Morgan fingerprint density at radius 2 is 1.77 bits per heavy atom. The molecule has 0 unspecified atom stereocenters. The number of benzene rings is 2. The molecule has 0 saturated heterocycles. The van der Waals surface area contributed by atoms with Crippen molar-refractivity contribution in [3.63, 3.8) is 0 Å². The zero-order valence-corrected chi connectivity index (χ0v) is 13.8. The molecule has 26 heavy (non-hydrogen) atoms. The van der Waals surface area contributed by atoms with Gasteiger partial charge >= 0.3 is 12.1 Å². The second-order valence-electron chi connectivity index (χ2n) is 5.28. The van der Waals surface area contributed by atoms with Crippen LogP contribution < -0.4 is 10.1 Å². The maximum Gasteiger partial charge on any atom is 0.416 e. The summed E-state index contributed by atoms with van der Waals surface area (Å²) in [6.45, 7) is -0.228. The van der Waals surface area contributed by atoms with Crippen LogP contribution in [0.4, 0.5) is 13.2 Å². The van der Waals surface area contributed by atoms with Crippen molar-refractivity contribution >= 4 is 11.9 Å². The van der Waals surface area contributed by atoms with E-state index in [1.54, 1.807) is 24.3 Å². The molecule has 0 heterocycles. The molecular weight excluding hydrogens is 351 g/mol. The van der Waals surface area contributed by atoms with Gasteiger partial charge in [0.1, 0.15) is 5.75 Å². The van der Waals surface area contributed by atoms with Crippen molar-refractivity contribution in [3.8, 4) is 5.75 Å². The zero-order valence-electron chi connectivity index (χ0n) is 13.8. The number of halogens is 3. The van der Waals surface area contributed by atoms with Crippen molar-refractivity contribution < 1.29 is 32.2 Å². The Labute approximate surface area is 147 Å². The maximum absolute atomic E-state index is 12.6. The molecule has 8 heteroatoms. The van der Waals surface area contributed by atoms with Crippen LogP contribution in [0.15, 0.2) is 48.5 Å². The molecular formula is C18H16F3NO4. The third kappa shape index (κ3) is 5.51. The summed E-state index contributed by atoms with van der Waals surface area (Å²) in [6, 6.07) is 10.7. The minimum absolute atomic E-state index is 0.0441. The van der Waals surface area contributed by atoms with Gasteiger partial charge in [0.25, 0.3) is 5.91 Å². The van der Waals surface area contributed by atoms with Gasteiger partial charge in [0.15, 0.2) is 6.61 Å². The number of alkyl halides is 3. The predicted molar refractivity (Wildman–Crippen MR) is 86.6 cm³/mol. The van der Waals surface area contributed by atoms with Gasteiger partial charge in [-0.2, -0.15) is 13.2 Å². The third-order valence-electron chi connectivity index (χ3n) is 3.40. The highest BCUT2D eigenvalue weighted by Gasteiger charge is 2.30. The Hall–Kier alpha value is -3.03. The minimum Gasteiger partial charge on any atom is -0.484 e. The largest absolute Gasteiger partial charge is 0.484 e. The monoisotopic (exact) mass is 367 g/mol. The van der Waals surface area contributed by atoms with E-state index in [0.29, 0.717) is 5.56 Å². The molecule has 0 atom stereocenters. The minimum atomic E-state index is -4.47. The van der Waals surface area contributed by atoms with Gasteiger partial charge in [0.2, 0.25) is 0 Å². The van der Waals surface area contributed by atoms with Crippen LogP contribution in [-0.2, 0) is 22.3 Å². The van der Waals surface area contributed by atoms with Crippen LogP contribution in [0.25, 0.3) is 0 Å². The van der Waals surface area contributed by atoms with Crippen molar-refractivity contribution in [2.24, 2.45) is 0 Å². The number of ether oxygens (including phenoxy) is 2. The van der Waals surface area contributed by atoms with Crippen LogP contribution in [0.5, 0.6) is 5.75 Å². The van der Waals surface area contributed by atoms with E-state index in [0.717, 1.165) is 17.7 Å². The average molecular weight is 367 g/mol. The predicted octanol–water partition coefficient (Wildman–Crippen LogP) is 3.19. The average Bonchev–Trinajstić information content (AvgIpc) is 2.64. The van der Waals surface area contributed by atoms with Crippen molar-refractivity contribution in [2.45, 2.75) is 12.7 Å². The molecule has 0 bridgehead atoms. The number of rotatable bonds is 6. The number of nitrogens with one attached hydrogen (secondary N) is 1. The van der Waals surface area contributed by atoms with E-state index in [2.05, 4.69) is 10.1 Å². The van der Waals surface area contributed by atoms with E-state index in [1.165, 1.54) is 19.2 Å².